The highest BCUT2D eigenvalue weighted by Crippen LogP contribution is 2.27. The van der Waals surface area contributed by atoms with E-state index in [9.17, 15) is 13.2 Å². The average Bonchev–Trinajstić information content (AvgIpc) is 2.73. The van der Waals surface area contributed by atoms with Crippen molar-refractivity contribution in [3.8, 4) is 11.1 Å². The number of benzene rings is 3. The third-order valence-electron chi connectivity index (χ3n) is 4.78. The van der Waals surface area contributed by atoms with Gasteiger partial charge in [-0.3, -0.25) is 0 Å². The Morgan fingerprint density at radius 3 is 2.19 bits per heavy atom. The van der Waals surface area contributed by atoms with E-state index in [2.05, 4.69) is 4.72 Å². The number of rotatable bonds is 7. The summed E-state index contributed by atoms with van der Waals surface area (Å²) in [5, 5.41) is 1.12. The van der Waals surface area contributed by atoms with Gasteiger partial charge < -0.3 is 4.74 Å². The number of carbonyl (C=O) groups is 1. The van der Waals surface area contributed by atoms with Gasteiger partial charge in [0.25, 0.3) is 0 Å². The number of sulfonamides is 1. The summed E-state index contributed by atoms with van der Waals surface area (Å²) in [4.78, 5) is 11.8. The molecule has 0 aliphatic carbocycles. The lowest BCUT2D eigenvalue weighted by atomic mass is 10.0. The number of esters is 1. The third kappa shape index (κ3) is 5.86. The van der Waals surface area contributed by atoms with E-state index in [1.807, 2.05) is 36.4 Å². The molecule has 0 aliphatic rings. The highest BCUT2D eigenvalue weighted by molar-refractivity contribution is 7.89. The van der Waals surface area contributed by atoms with Gasteiger partial charge in [-0.1, -0.05) is 53.5 Å². The van der Waals surface area contributed by atoms with Crippen molar-refractivity contribution in [2.45, 2.75) is 18.2 Å². The van der Waals surface area contributed by atoms with Crippen LogP contribution in [0.15, 0.2) is 65.6 Å². The summed E-state index contributed by atoms with van der Waals surface area (Å²) < 4.78 is 32.5. The van der Waals surface area contributed by atoms with Crippen LogP contribution < -0.4 is 4.72 Å². The number of nitrogens with one attached hydrogen (secondary N) is 1. The zero-order chi connectivity index (χ0) is 22.6. The van der Waals surface area contributed by atoms with Gasteiger partial charge in [-0.2, -0.15) is 0 Å². The smallest absolute Gasteiger partial charge is 0.338 e. The van der Waals surface area contributed by atoms with E-state index in [4.69, 9.17) is 27.9 Å². The molecule has 0 amide bonds. The first-order valence-electron chi connectivity index (χ1n) is 9.43. The second-order valence-electron chi connectivity index (χ2n) is 6.97. The molecule has 0 fully saturated rings. The van der Waals surface area contributed by atoms with E-state index in [1.165, 1.54) is 19.2 Å². The first kappa shape index (κ1) is 23.3. The van der Waals surface area contributed by atoms with E-state index in [0.29, 0.717) is 22.0 Å². The minimum absolute atomic E-state index is 0.0201. The first-order valence-corrected chi connectivity index (χ1v) is 11.7. The Morgan fingerprint density at radius 1 is 0.935 bits per heavy atom. The Bertz CT molecular complexity index is 1190. The zero-order valence-corrected chi connectivity index (χ0v) is 19.3. The van der Waals surface area contributed by atoms with E-state index in [-0.39, 0.29) is 17.0 Å². The fraction of sp³-hybridized carbons (Fsp3) is 0.174. The molecular formula is C23H21Cl2NO4S. The van der Waals surface area contributed by atoms with Gasteiger partial charge in [0.15, 0.2) is 0 Å². The molecule has 3 aromatic rings. The van der Waals surface area contributed by atoms with Gasteiger partial charge in [0, 0.05) is 16.6 Å². The lowest BCUT2D eigenvalue weighted by molar-refractivity contribution is 0.0599. The maximum Gasteiger partial charge on any atom is 0.338 e. The molecule has 0 aromatic heterocycles. The van der Waals surface area contributed by atoms with E-state index in [1.54, 1.807) is 19.1 Å². The number of aryl methyl sites for hydroxylation is 1. The molecule has 1 N–H and O–H groups in total. The summed E-state index contributed by atoms with van der Waals surface area (Å²) in [6, 6.07) is 17.5. The highest BCUT2D eigenvalue weighted by Gasteiger charge is 2.18. The topological polar surface area (TPSA) is 72.5 Å². The quantitative estimate of drug-likeness (QED) is 0.470. The van der Waals surface area contributed by atoms with Crippen molar-refractivity contribution >= 4 is 39.2 Å². The van der Waals surface area contributed by atoms with Crippen molar-refractivity contribution in [3.05, 3.63) is 87.4 Å². The van der Waals surface area contributed by atoms with Crippen LogP contribution in [0, 0.1) is 6.92 Å². The summed E-state index contributed by atoms with van der Waals surface area (Å²) in [7, 11) is -2.50. The second kappa shape index (κ2) is 9.83. The third-order valence-corrected chi connectivity index (χ3v) is 6.68. The van der Waals surface area contributed by atoms with Crippen LogP contribution in [0.5, 0.6) is 0 Å². The molecule has 3 rings (SSSR count). The van der Waals surface area contributed by atoms with Gasteiger partial charge >= 0.3 is 5.97 Å². The maximum atomic E-state index is 12.6. The molecule has 0 saturated carbocycles. The molecule has 0 aliphatic heterocycles. The lowest BCUT2D eigenvalue weighted by Gasteiger charge is -2.10. The molecule has 0 atom stereocenters. The number of hydrogen-bond acceptors (Lipinski definition) is 4. The van der Waals surface area contributed by atoms with E-state index < -0.39 is 16.0 Å². The Kier molecular flexibility index (Phi) is 7.38. The van der Waals surface area contributed by atoms with Crippen LogP contribution in [0.4, 0.5) is 0 Å². The molecule has 8 heteroatoms. The van der Waals surface area contributed by atoms with Crippen molar-refractivity contribution < 1.29 is 17.9 Å². The Hall–Kier alpha value is -2.38. The van der Waals surface area contributed by atoms with Gasteiger partial charge in [-0.25, -0.2) is 17.9 Å². The van der Waals surface area contributed by atoms with Gasteiger partial charge in [-0.15, -0.1) is 0 Å². The van der Waals surface area contributed by atoms with Gasteiger partial charge in [0.1, 0.15) is 0 Å². The molecule has 0 radical (unpaired) electrons. The van der Waals surface area contributed by atoms with Crippen molar-refractivity contribution in [1.29, 1.82) is 0 Å². The maximum absolute atomic E-state index is 12.6. The van der Waals surface area contributed by atoms with Gasteiger partial charge in [-0.05, 0) is 65.9 Å². The molecule has 31 heavy (non-hydrogen) atoms. The van der Waals surface area contributed by atoms with Crippen molar-refractivity contribution in [2.75, 3.05) is 13.7 Å². The molecule has 0 saturated heterocycles. The van der Waals surface area contributed by atoms with Crippen LogP contribution in [0.2, 0.25) is 10.0 Å². The Balaban J connectivity index is 1.66. The number of methoxy groups -OCH3 is 1. The van der Waals surface area contributed by atoms with Gasteiger partial charge in [0.2, 0.25) is 10.0 Å². The molecule has 0 unspecified atom stereocenters. The van der Waals surface area contributed by atoms with Crippen LogP contribution in [0.1, 0.15) is 21.5 Å². The minimum atomic E-state index is -3.76. The zero-order valence-electron chi connectivity index (χ0n) is 17.0. The Morgan fingerprint density at radius 2 is 1.58 bits per heavy atom. The highest BCUT2D eigenvalue weighted by atomic mass is 35.5. The fourth-order valence-electron chi connectivity index (χ4n) is 3.10. The van der Waals surface area contributed by atoms with Crippen LogP contribution in [0.25, 0.3) is 11.1 Å². The number of halogens is 2. The van der Waals surface area contributed by atoms with Crippen molar-refractivity contribution in [1.82, 2.24) is 4.72 Å². The first-order chi connectivity index (χ1) is 14.7. The summed E-state index contributed by atoms with van der Waals surface area (Å²) in [6.45, 7) is 1.93. The van der Waals surface area contributed by atoms with Crippen LogP contribution in [-0.2, 0) is 21.2 Å². The normalized spacial score (nSPS) is 11.4. The van der Waals surface area contributed by atoms with Crippen LogP contribution in [-0.4, -0.2) is 28.0 Å². The molecule has 162 valence electrons. The number of ether oxygens (including phenoxy) is 1. The second-order valence-corrected chi connectivity index (χ2v) is 9.61. The summed E-state index contributed by atoms with van der Waals surface area (Å²) in [6.07, 6.45) is 0.505. The molecule has 3 aromatic carbocycles. The molecule has 0 heterocycles. The average molecular weight is 478 g/mol. The van der Waals surface area contributed by atoms with Crippen LogP contribution in [0.3, 0.4) is 0 Å². The fourth-order valence-corrected chi connectivity index (χ4v) is 4.68. The predicted molar refractivity (Wildman–Crippen MR) is 123 cm³/mol. The van der Waals surface area contributed by atoms with E-state index in [0.717, 1.165) is 16.7 Å². The summed E-state index contributed by atoms with van der Waals surface area (Å²) >= 11 is 12.1. The predicted octanol–water partition coefficient (Wildman–Crippen LogP) is 5.28. The number of carbonyl (C=O) groups excluding carboxylic acids is 1. The molecule has 5 nitrogen and oxygen atoms in total. The molecule has 0 bridgehead atoms. The van der Waals surface area contributed by atoms with Crippen molar-refractivity contribution in [2.24, 2.45) is 0 Å². The monoisotopic (exact) mass is 477 g/mol. The summed E-state index contributed by atoms with van der Waals surface area (Å²) in [5.41, 5.74) is 3.71. The van der Waals surface area contributed by atoms with Gasteiger partial charge in [0.05, 0.1) is 17.6 Å². The molecule has 0 spiro atoms. The lowest BCUT2D eigenvalue weighted by Crippen LogP contribution is -2.26. The van der Waals surface area contributed by atoms with Crippen LogP contribution >= 0.6 is 23.2 Å². The largest absolute Gasteiger partial charge is 0.465 e. The number of hydrogen-bond donors (Lipinski definition) is 1. The SMILES string of the molecule is COC(=O)c1cc(S(=O)(=O)NCCc2ccc(-c3cc(Cl)cc(Cl)c3)cc2)ccc1C. The van der Waals surface area contributed by atoms with E-state index >= 15 is 0 Å². The minimum Gasteiger partial charge on any atom is -0.465 e. The summed E-state index contributed by atoms with van der Waals surface area (Å²) in [5.74, 6) is -0.573. The van der Waals surface area contributed by atoms with Crippen molar-refractivity contribution in [3.63, 3.8) is 0 Å². The molecular weight excluding hydrogens is 457 g/mol. The standard InChI is InChI=1S/C23H21Cl2NO4S/c1-15-3-8-21(14-22(15)23(27)30-2)31(28,29)26-10-9-16-4-6-17(7-5-16)18-11-19(24)13-20(25)12-18/h3-8,11-14,26H,9-10H2,1-2H3. The Labute approximate surface area is 192 Å².